The second-order valence-electron chi connectivity index (χ2n) is 5.17. The van der Waals surface area contributed by atoms with Gasteiger partial charge in [0, 0.05) is 10.0 Å². The summed E-state index contributed by atoms with van der Waals surface area (Å²) in [5, 5.41) is 3.09. The average molecular weight is 362 g/mol. The highest BCUT2D eigenvalue weighted by Crippen LogP contribution is 2.24. The van der Waals surface area contributed by atoms with Gasteiger partial charge in [-0.2, -0.15) is 0 Å². The first kappa shape index (κ1) is 16.6. The van der Waals surface area contributed by atoms with Gasteiger partial charge in [-0.05, 0) is 54.8 Å². The molecule has 0 aliphatic heterocycles. The molecule has 0 saturated heterocycles. The second kappa shape index (κ2) is 7.45. The quantitative estimate of drug-likeness (QED) is 0.841. The summed E-state index contributed by atoms with van der Waals surface area (Å²) in [6.45, 7) is 4.07. The van der Waals surface area contributed by atoms with Gasteiger partial charge in [-0.1, -0.05) is 35.0 Å². The summed E-state index contributed by atoms with van der Waals surface area (Å²) < 4.78 is 6.24. The lowest BCUT2D eigenvalue weighted by molar-refractivity contribution is 0.0935. The standard InChI is InChI=1S/C18H20BrNO2/c1-4-16(14-7-10-17(22-3)12(2)11-14)20-18(21)13-5-8-15(19)9-6-13/h5-11,16H,4H2,1-3H3,(H,20,21)/t16-/m0/s1. The SMILES string of the molecule is CC[C@H](NC(=O)c1ccc(Br)cc1)c1ccc(OC)c(C)c1. The molecule has 0 fully saturated rings. The van der Waals surface area contributed by atoms with Gasteiger partial charge in [0.05, 0.1) is 13.2 Å². The average Bonchev–Trinajstić information content (AvgIpc) is 2.53. The number of amides is 1. The molecule has 1 amide bonds. The summed E-state index contributed by atoms with van der Waals surface area (Å²) in [4.78, 5) is 12.4. The molecule has 0 radical (unpaired) electrons. The van der Waals surface area contributed by atoms with Crippen LogP contribution in [-0.2, 0) is 0 Å². The van der Waals surface area contributed by atoms with Gasteiger partial charge in [-0.25, -0.2) is 0 Å². The number of rotatable bonds is 5. The molecule has 0 spiro atoms. The van der Waals surface area contributed by atoms with Crippen molar-refractivity contribution in [3.8, 4) is 5.75 Å². The van der Waals surface area contributed by atoms with Crippen molar-refractivity contribution >= 4 is 21.8 Å². The number of hydrogen-bond acceptors (Lipinski definition) is 2. The predicted molar refractivity (Wildman–Crippen MR) is 92.4 cm³/mol. The lowest BCUT2D eigenvalue weighted by Gasteiger charge is -2.19. The Hall–Kier alpha value is -1.81. The normalized spacial score (nSPS) is 11.8. The Balaban J connectivity index is 2.16. The Labute approximate surface area is 139 Å². The fourth-order valence-electron chi connectivity index (χ4n) is 2.38. The molecule has 116 valence electrons. The first-order chi connectivity index (χ1) is 10.5. The molecule has 4 heteroatoms. The highest BCUT2D eigenvalue weighted by atomic mass is 79.9. The van der Waals surface area contributed by atoms with E-state index in [1.165, 1.54) is 0 Å². The number of aryl methyl sites for hydroxylation is 1. The molecule has 0 aliphatic rings. The van der Waals surface area contributed by atoms with Crippen LogP contribution in [0.25, 0.3) is 0 Å². The Kier molecular flexibility index (Phi) is 5.61. The van der Waals surface area contributed by atoms with Crippen molar-refractivity contribution in [2.24, 2.45) is 0 Å². The van der Waals surface area contributed by atoms with E-state index in [2.05, 4.69) is 34.2 Å². The minimum Gasteiger partial charge on any atom is -0.496 e. The number of ether oxygens (including phenoxy) is 1. The minimum atomic E-state index is -0.0622. The largest absolute Gasteiger partial charge is 0.496 e. The minimum absolute atomic E-state index is 0.0132. The Morgan fingerprint density at radius 3 is 2.45 bits per heavy atom. The van der Waals surface area contributed by atoms with Gasteiger partial charge in [0.15, 0.2) is 0 Å². The van der Waals surface area contributed by atoms with Crippen LogP contribution < -0.4 is 10.1 Å². The molecule has 0 aromatic heterocycles. The highest BCUT2D eigenvalue weighted by molar-refractivity contribution is 9.10. The van der Waals surface area contributed by atoms with E-state index >= 15 is 0 Å². The zero-order valence-corrected chi connectivity index (χ0v) is 14.6. The molecule has 2 aromatic rings. The van der Waals surface area contributed by atoms with Gasteiger partial charge in [0.1, 0.15) is 5.75 Å². The first-order valence-corrected chi connectivity index (χ1v) is 8.05. The first-order valence-electron chi connectivity index (χ1n) is 7.26. The van der Waals surface area contributed by atoms with Gasteiger partial charge >= 0.3 is 0 Å². The molecular weight excluding hydrogens is 342 g/mol. The third-order valence-corrected chi connectivity index (χ3v) is 4.17. The number of nitrogens with one attached hydrogen (secondary N) is 1. The van der Waals surface area contributed by atoms with Crippen LogP contribution in [0.4, 0.5) is 0 Å². The van der Waals surface area contributed by atoms with Gasteiger partial charge in [0.2, 0.25) is 0 Å². The topological polar surface area (TPSA) is 38.3 Å². The van der Waals surface area contributed by atoms with Crippen molar-refractivity contribution in [3.63, 3.8) is 0 Å². The fraction of sp³-hybridized carbons (Fsp3) is 0.278. The third kappa shape index (κ3) is 3.89. The zero-order chi connectivity index (χ0) is 16.1. The summed E-state index contributed by atoms with van der Waals surface area (Å²) in [6.07, 6.45) is 0.827. The number of carbonyl (C=O) groups excluding carboxylic acids is 1. The van der Waals surface area contributed by atoms with E-state index in [0.717, 1.165) is 27.8 Å². The van der Waals surface area contributed by atoms with Crippen molar-refractivity contribution in [2.75, 3.05) is 7.11 Å². The van der Waals surface area contributed by atoms with Crippen LogP contribution in [0.1, 0.15) is 40.9 Å². The molecule has 3 nitrogen and oxygen atoms in total. The summed E-state index contributed by atoms with van der Waals surface area (Å²) in [6, 6.07) is 13.4. The molecule has 1 N–H and O–H groups in total. The van der Waals surface area contributed by atoms with E-state index in [1.807, 2.05) is 43.3 Å². The third-order valence-electron chi connectivity index (χ3n) is 3.64. The molecular formula is C18H20BrNO2. The number of hydrogen-bond donors (Lipinski definition) is 1. The van der Waals surface area contributed by atoms with Crippen molar-refractivity contribution < 1.29 is 9.53 Å². The van der Waals surface area contributed by atoms with Crippen LogP contribution in [0, 0.1) is 6.92 Å². The van der Waals surface area contributed by atoms with Crippen LogP contribution in [0.5, 0.6) is 5.75 Å². The molecule has 0 heterocycles. The summed E-state index contributed by atoms with van der Waals surface area (Å²) in [5.74, 6) is 0.797. The molecule has 22 heavy (non-hydrogen) atoms. The van der Waals surface area contributed by atoms with Gasteiger partial charge in [-0.15, -0.1) is 0 Å². The molecule has 2 aromatic carbocycles. The smallest absolute Gasteiger partial charge is 0.251 e. The molecule has 0 aliphatic carbocycles. The monoisotopic (exact) mass is 361 g/mol. The van der Waals surface area contributed by atoms with Gasteiger partial charge < -0.3 is 10.1 Å². The van der Waals surface area contributed by atoms with E-state index in [9.17, 15) is 4.79 Å². The lowest BCUT2D eigenvalue weighted by Crippen LogP contribution is -2.28. The summed E-state index contributed by atoms with van der Waals surface area (Å²) >= 11 is 3.37. The van der Waals surface area contributed by atoms with E-state index in [-0.39, 0.29) is 11.9 Å². The molecule has 0 bridgehead atoms. The molecule has 1 atom stereocenters. The molecule has 2 rings (SSSR count). The highest BCUT2D eigenvalue weighted by Gasteiger charge is 2.15. The van der Waals surface area contributed by atoms with Crippen LogP contribution in [-0.4, -0.2) is 13.0 Å². The maximum absolute atomic E-state index is 12.4. The van der Waals surface area contributed by atoms with E-state index in [4.69, 9.17) is 4.74 Å². The van der Waals surface area contributed by atoms with Crippen LogP contribution in [0.15, 0.2) is 46.9 Å². The lowest BCUT2D eigenvalue weighted by atomic mass is 10.0. The maximum Gasteiger partial charge on any atom is 0.251 e. The van der Waals surface area contributed by atoms with Crippen LogP contribution >= 0.6 is 15.9 Å². The second-order valence-corrected chi connectivity index (χ2v) is 6.09. The maximum atomic E-state index is 12.4. The van der Waals surface area contributed by atoms with Crippen molar-refractivity contribution in [3.05, 3.63) is 63.6 Å². The van der Waals surface area contributed by atoms with Crippen LogP contribution in [0.3, 0.4) is 0 Å². The number of carbonyl (C=O) groups is 1. The van der Waals surface area contributed by atoms with Gasteiger partial charge in [-0.3, -0.25) is 4.79 Å². The van der Waals surface area contributed by atoms with Crippen LogP contribution in [0.2, 0.25) is 0 Å². The zero-order valence-electron chi connectivity index (χ0n) is 13.0. The van der Waals surface area contributed by atoms with Crippen molar-refractivity contribution in [1.29, 1.82) is 0 Å². The van der Waals surface area contributed by atoms with E-state index < -0.39 is 0 Å². The molecule has 0 unspecified atom stereocenters. The van der Waals surface area contributed by atoms with Crippen molar-refractivity contribution in [1.82, 2.24) is 5.32 Å². The van der Waals surface area contributed by atoms with Gasteiger partial charge in [0.25, 0.3) is 5.91 Å². The van der Waals surface area contributed by atoms with E-state index in [0.29, 0.717) is 5.56 Å². The Morgan fingerprint density at radius 2 is 1.91 bits per heavy atom. The Morgan fingerprint density at radius 1 is 1.23 bits per heavy atom. The number of halogens is 1. The Bertz CT molecular complexity index is 653. The number of benzene rings is 2. The van der Waals surface area contributed by atoms with E-state index in [1.54, 1.807) is 7.11 Å². The molecule has 0 saturated carbocycles. The summed E-state index contributed by atoms with van der Waals surface area (Å²) in [7, 11) is 1.66. The van der Waals surface area contributed by atoms with Crippen molar-refractivity contribution in [2.45, 2.75) is 26.3 Å². The predicted octanol–water partition coefficient (Wildman–Crippen LogP) is 4.65. The number of methoxy groups -OCH3 is 1. The summed E-state index contributed by atoms with van der Waals surface area (Å²) in [5.41, 5.74) is 2.81. The fourth-order valence-corrected chi connectivity index (χ4v) is 2.65.